The molecule has 1 aromatic rings. The molecule has 94 valence electrons. The Kier molecular flexibility index (Phi) is 5.92. The summed E-state index contributed by atoms with van der Waals surface area (Å²) in [5.74, 6) is -0.122. The van der Waals surface area contributed by atoms with Gasteiger partial charge in [0.1, 0.15) is 5.82 Å². The van der Waals surface area contributed by atoms with Crippen LogP contribution in [0.1, 0.15) is 44.7 Å². The van der Waals surface area contributed by atoms with Gasteiger partial charge in [-0.1, -0.05) is 30.7 Å². The summed E-state index contributed by atoms with van der Waals surface area (Å²) in [6.45, 7) is 8.94. The van der Waals surface area contributed by atoms with Crippen LogP contribution in [0.25, 0.3) is 0 Å². The van der Waals surface area contributed by atoms with Gasteiger partial charge in [-0.15, -0.1) is 6.58 Å². The van der Waals surface area contributed by atoms with Crippen molar-refractivity contribution in [1.82, 2.24) is 5.32 Å². The predicted molar refractivity (Wildman–Crippen MR) is 71.5 cm³/mol. The van der Waals surface area contributed by atoms with Gasteiger partial charge < -0.3 is 5.32 Å². The molecule has 0 fully saturated rings. The first-order valence-electron chi connectivity index (χ1n) is 6.27. The van der Waals surface area contributed by atoms with Gasteiger partial charge in [-0.2, -0.15) is 0 Å². The second-order valence-corrected chi connectivity index (χ2v) is 4.52. The first-order chi connectivity index (χ1) is 8.15. The van der Waals surface area contributed by atoms with Crippen LogP contribution in [0.5, 0.6) is 0 Å². The van der Waals surface area contributed by atoms with E-state index in [9.17, 15) is 4.39 Å². The van der Waals surface area contributed by atoms with Crippen LogP contribution < -0.4 is 5.32 Å². The third-order valence-electron chi connectivity index (χ3n) is 2.78. The van der Waals surface area contributed by atoms with Crippen molar-refractivity contribution in [1.29, 1.82) is 0 Å². The number of nitrogens with one attached hydrogen (secondary N) is 1. The molecule has 1 atom stereocenters. The Morgan fingerprint density at radius 2 is 2.12 bits per heavy atom. The molecule has 1 rings (SSSR count). The monoisotopic (exact) mass is 235 g/mol. The van der Waals surface area contributed by atoms with E-state index in [2.05, 4.69) is 18.8 Å². The third-order valence-corrected chi connectivity index (χ3v) is 2.78. The Morgan fingerprint density at radius 1 is 1.41 bits per heavy atom. The predicted octanol–water partition coefficient (Wildman–Crippen LogP) is 4.22. The molecule has 0 saturated heterocycles. The summed E-state index contributed by atoms with van der Waals surface area (Å²) in [6, 6.07) is 7.10. The van der Waals surface area contributed by atoms with Gasteiger partial charge in [0, 0.05) is 11.6 Å². The van der Waals surface area contributed by atoms with E-state index in [4.69, 9.17) is 0 Å². The Morgan fingerprint density at radius 3 is 2.71 bits per heavy atom. The highest BCUT2D eigenvalue weighted by Gasteiger charge is 2.14. The van der Waals surface area contributed by atoms with Crippen molar-refractivity contribution in [2.75, 3.05) is 6.54 Å². The molecule has 1 unspecified atom stereocenters. The highest BCUT2D eigenvalue weighted by atomic mass is 19.1. The minimum absolute atomic E-state index is 0.0906. The molecule has 0 bridgehead atoms. The van der Waals surface area contributed by atoms with Gasteiger partial charge in [0.25, 0.3) is 0 Å². The molecule has 0 aliphatic carbocycles. The van der Waals surface area contributed by atoms with Gasteiger partial charge in [-0.3, -0.25) is 0 Å². The number of rotatable bonds is 7. The van der Waals surface area contributed by atoms with E-state index in [0.29, 0.717) is 0 Å². The van der Waals surface area contributed by atoms with Crippen LogP contribution in [0.2, 0.25) is 0 Å². The molecule has 1 N–H and O–H groups in total. The van der Waals surface area contributed by atoms with Crippen molar-refractivity contribution in [2.24, 2.45) is 0 Å². The van der Waals surface area contributed by atoms with Gasteiger partial charge >= 0.3 is 0 Å². The van der Waals surface area contributed by atoms with Gasteiger partial charge in [0.15, 0.2) is 0 Å². The van der Waals surface area contributed by atoms with E-state index >= 15 is 0 Å². The quantitative estimate of drug-likeness (QED) is 0.698. The Labute approximate surface area is 104 Å². The normalized spacial score (nSPS) is 12.4. The van der Waals surface area contributed by atoms with E-state index < -0.39 is 0 Å². The minimum atomic E-state index is -0.122. The number of allylic oxidation sites excluding steroid dienone is 1. The fraction of sp³-hybridized carbons (Fsp3) is 0.467. The van der Waals surface area contributed by atoms with Gasteiger partial charge in [-0.25, -0.2) is 4.39 Å². The van der Waals surface area contributed by atoms with Gasteiger partial charge in [-0.05, 0) is 38.8 Å². The first-order valence-corrected chi connectivity index (χ1v) is 6.27. The van der Waals surface area contributed by atoms with Crippen LogP contribution in [0.3, 0.4) is 0 Å². The molecule has 0 heterocycles. The lowest BCUT2D eigenvalue weighted by molar-refractivity contribution is 0.473. The molecule has 17 heavy (non-hydrogen) atoms. The molecule has 0 spiro atoms. The fourth-order valence-corrected chi connectivity index (χ4v) is 1.83. The van der Waals surface area contributed by atoms with Crippen LogP contribution in [0, 0.1) is 5.82 Å². The molecular formula is C15H22FN. The van der Waals surface area contributed by atoms with Gasteiger partial charge in [0.2, 0.25) is 0 Å². The average molecular weight is 235 g/mol. The lowest BCUT2D eigenvalue weighted by atomic mass is 9.99. The standard InChI is InChI=1S/C15H22FN/c1-4-11-17-15(10-9-12(2)3)13-7-5-6-8-14(13)16/h5-8,15,17H,2,4,9-11H2,1,3H3. The maximum atomic E-state index is 13.7. The third kappa shape index (κ3) is 4.70. The SMILES string of the molecule is C=C(C)CCC(NCCC)c1ccccc1F. The van der Waals surface area contributed by atoms with E-state index in [1.807, 2.05) is 19.1 Å². The number of halogens is 1. The Hall–Kier alpha value is -1.15. The van der Waals surface area contributed by atoms with E-state index in [0.717, 1.165) is 36.9 Å². The van der Waals surface area contributed by atoms with Crippen LogP contribution >= 0.6 is 0 Å². The summed E-state index contributed by atoms with van der Waals surface area (Å²) in [6.07, 6.45) is 2.88. The summed E-state index contributed by atoms with van der Waals surface area (Å²) in [5, 5.41) is 3.40. The number of hydrogen-bond acceptors (Lipinski definition) is 1. The minimum Gasteiger partial charge on any atom is -0.310 e. The van der Waals surface area contributed by atoms with Crippen molar-refractivity contribution in [3.8, 4) is 0 Å². The van der Waals surface area contributed by atoms with E-state index in [1.54, 1.807) is 6.07 Å². The molecular weight excluding hydrogens is 213 g/mol. The van der Waals surface area contributed by atoms with Crippen molar-refractivity contribution in [3.05, 3.63) is 47.8 Å². The summed E-state index contributed by atoms with van der Waals surface area (Å²) in [5.41, 5.74) is 1.91. The number of benzene rings is 1. The average Bonchev–Trinajstić information content (AvgIpc) is 2.30. The van der Waals surface area contributed by atoms with Crippen LogP contribution in [-0.4, -0.2) is 6.54 Å². The number of hydrogen-bond donors (Lipinski definition) is 1. The van der Waals surface area contributed by atoms with Gasteiger partial charge in [0.05, 0.1) is 0 Å². The van der Waals surface area contributed by atoms with Crippen molar-refractivity contribution in [3.63, 3.8) is 0 Å². The highest BCUT2D eigenvalue weighted by Crippen LogP contribution is 2.22. The zero-order valence-electron chi connectivity index (χ0n) is 10.8. The smallest absolute Gasteiger partial charge is 0.127 e. The lowest BCUT2D eigenvalue weighted by Gasteiger charge is -2.19. The highest BCUT2D eigenvalue weighted by molar-refractivity contribution is 5.21. The largest absolute Gasteiger partial charge is 0.310 e. The molecule has 0 aliphatic heterocycles. The molecule has 2 heteroatoms. The second-order valence-electron chi connectivity index (χ2n) is 4.52. The first kappa shape index (κ1) is 13.9. The zero-order valence-corrected chi connectivity index (χ0v) is 10.8. The fourth-order valence-electron chi connectivity index (χ4n) is 1.83. The molecule has 0 aliphatic rings. The molecule has 1 nitrogen and oxygen atoms in total. The van der Waals surface area contributed by atoms with E-state index in [1.165, 1.54) is 6.07 Å². The molecule has 1 aromatic carbocycles. The molecule has 0 aromatic heterocycles. The van der Waals surface area contributed by atoms with Crippen LogP contribution in [0.15, 0.2) is 36.4 Å². The molecule has 0 saturated carbocycles. The Bertz CT molecular complexity index is 360. The van der Waals surface area contributed by atoms with Crippen molar-refractivity contribution in [2.45, 2.75) is 39.2 Å². The van der Waals surface area contributed by atoms with Crippen molar-refractivity contribution < 1.29 is 4.39 Å². The second kappa shape index (κ2) is 7.23. The van der Waals surface area contributed by atoms with Crippen molar-refractivity contribution >= 4 is 0 Å². The topological polar surface area (TPSA) is 12.0 Å². The maximum absolute atomic E-state index is 13.7. The molecule has 0 radical (unpaired) electrons. The lowest BCUT2D eigenvalue weighted by Crippen LogP contribution is -2.23. The molecule has 0 amide bonds. The summed E-state index contributed by atoms with van der Waals surface area (Å²) in [7, 11) is 0. The summed E-state index contributed by atoms with van der Waals surface area (Å²) < 4.78 is 13.7. The Balaban J connectivity index is 2.74. The van der Waals surface area contributed by atoms with E-state index in [-0.39, 0.29) is 11.9 Å². The zero-order chi connectivity index (χ0) is 12.7. The van der Waals surface area contributed by atoms with Crippen LogP contribution in [-0.2, 0) is 0 Å². The summed E-state index contributed by atoms with van der Waals surface area (Å²) >= 11 is 0. The maximum Gasteiger partial charge on any atom is 0.127 e. The summed E-state index contributed by atoms with van der Waals surface area (Å²) in [4.78, 5) is 0. The van der Waals surface area contributed by atoms with Crippen LogP contribution in [0.4, 0.5) is 4.39 Å².